The fraction of sp³-hybridized carbons (Fsp3) is 0.294. The Morgan fingerprint density at radius 2 is 2.11 bits per heavy atom. The molecule has 0 bridgehead atoms. The molecule has 1 aliphatic heterocycles. The van der Waals surface area contributed by atoms with E-state index in [0.717, 1.165) is 12.3 Å². The number of aromatic amines is 1. The molecule has 3 heterocycles. The lowest BCUT2D eigenvalue weighted by Crippen LogP contribution is -2.30. The Hall–Kier alpha value is -3.37. The summed E-state index contributed by atoms with van der Waals surface area (Å²) < 4.78 is 38.3. The molecule has 0 aromatic carbocycles. The number of hydrogen-bond donors (Lipinski definition) is 3. The number of rotatable bonds is 5. The molecular weight excluding hydrogens is 375 g/mol. The summed E-state index contributed by atoms with van der Waals surface area (Å²) in [6.07, 6.45) is 3.01. The van der Waals surface area contributed by atoms with Crippen LogP contribution in [0.2, 0.25) is 0 Å². The van der Waals surface area contributed by atoms with Crippen molar-refractivity contribution in [3.63, 3.8) is 0 Å². The summed E-state index contributed by atoms with van der Waals surface area (Å²) in [7, 11) is 0. The second-order valence-corrected chi connectivity index (χ2v) is 6.28. The number of halogens is 3. The Kier molecular flexibility index (Phi) is 5.34. The average Bonchev–Trinajstić information content (AvgIpc) is 3.11. The largest absolute Gasteiger partial charge is 0.433 e. The summed E-state index contributed by atoms with van der Waals surface area (Å²) >= 11 is 0. The summed E-state index contributed by atoms with van der Waals surface area (Å²) in [6, 6.07) is 0.787. The van der Waals surface area contributed by atoms with E-state index in [-0.39, 0.29) is 17.9 Å². The van der Waals surface area contributed by atoms with Crippen molar-refractivity contribution in [3.8, 4) is 0 Å². The van der Waals surface area contributed by atoms with Gasteiger partial charge in [0.1, 0.15) is 11.4 Å². The number of nitrogens with one attached hydrogen (secondary N) is 3. The van der Waals surface area contributed by atoms with Crippen molar-refractivity contribution < 1.29 is 18.0 Å². The molecule has 0 unspecified atom stereocenters. The Labute approximate surface area is 158 Å². The Balaban J connectivity index is 1.74. The second-order valence-electron chi connectivity index (χ2n) is 6.28. The molecular formula is C17H18F3N7O. The summed E-state index contributed by atoms with van der Waals surface area (Å²) in [5.74, 6) is -0.0347. The van der Waals surface area contributed by atoms with Crippen LogP contribution in [-0.2, 0) is 6.18 Å². The van der Waals surface area contributed by atoms with Crippen LogP contribution in [0.15, 0.2) is 42.5 Å². The predicted molar refractivity (Wildman–Crippen MR) is 96.4 cm³/mol. The first-order valence-corrected chi connectivity index (χ1v) is 8.40. The maximum Gasteiger partial charge on any atom is 0.433 e. The molecule has 8 nitrogen and oxygen atoms in total. The molecule has 0 radical (unpaired) electrons. The quantitative estimate of drug-likeness (QED) is 0.723. The average molecular weight is 393 g/mol. The molecule has 3 rings (SSSR count). The highest BCUT2D eigenvalue weighted by molar-refractivity contribution is 5.92. The maximum atomic E-state index is 12.8. The van der Waals surface area contributed by atoms with Gasteiger partial charge in [0.2, 0.25) is 11.9 Å². The molecule has 2 aromatic rings. The van der Waals surface area contributed by atoms with E-state index in [9.17, 15) is 18.0 Å². The van der Waals surface area contributed by atoms with E-state index < -0.39 is 11.9 Å². The van der Waals surface area contributed by atoms with Gasteiger partial charge in [0.25, 0.3) is 5.91 Å². The van der Waals surface area contributed by atoms with Gasteiger partial charge in [0.15, 0.2) is 0 Å². The van der Waals surface area contributed by atoms with E-state index >= 15 is 0 Å². The maximum absolute atomic E-state index is 12.8. The molecule has 2 aromatic heterocycles. The van der Waals surface area contributed by atoms with Crippen molar-refractivity contribution in [1.29, 1.82) is 0 Å². The molecule has 0 fully saturated rings. The SMILES string of the molecule is CC(C)NC(=O)c1cnc(N2C=C(Nc3nccc(C(F)(F)F)n3)C=CC2)[nH]1. The van der Waals surface area contributed by atoms with Crippen molar-refractivity contribution in [2.75, 3.05) is 16.8 Å². The molecule has 1 amide bonds. The van der Waals surface area contributed by atoms with Crippen LogP contribution >= 0.6 is 0 Å². The van der Waals surface area contributed by atoms with Crippen LogP contribution in [0.4, 0.5) is 25.1 Å². The van der Waals surface area contributed by atoms with Gasteiger partial charge >= 0.3 is 6.18 Å². The Bertz CT molecular complexity index is 917. The van der Waals surface area contributed by atoms with Crippen LogP contribution in [0, 0.1) is 0 Å². The van der Waals surface area contributed by atoms with Gasteiger partial charge in [-0.05, 0) is 26.0 Å². The van der Waals surface area contributed by atoms with E-state index in [1.807, 2.05) is 13.8 Å². The van der Waals surface area contributed by atoms with Crippen LogP contribution in [0.5, 0.6) is 0 Å². The minimum absolute atomic E-state index is 0.0136. The summed E-state index contributed by atoms with van der Waals surface area (Å²) in [5.41, 5.74) is -0.258. The molecule has 148 valence electrons. The van der Waals surface area contributed by atoms with Crippen LogP contribution in [0.3, 0.4) is 0 Å². The van der Waals surface area contributed by atoms with E-state index in [4.69, 9.17) is 0 Å². The third kappa shape index (κ3) is 4.67. The number of amides is 1. The minimum atomic E-state index is -4.55. The molecule has 3 N–H and O–H groups in total. The number of alkyl halides is 3. The van der Waals surface area contributed by atoms with Gasteiger partial charge in [0, 0.05) is 25.0 Å². The van der Waals surface area contributed by atoms with Gasteiger partial charge in [-0.1, -0.05) is 6.08 Å². The Morgan fingerprint density at radius 1 is 1.32 bits per heavy atom. The van der Waals surface area contributed by atoms with Gasteiger partial charge in [-0.15, -0.1) is 0 Å². The number of imidazole rings is 1. The molecule has 11 heteroatoms. The standard InChI is InChI=1S/C17H18F3N7O/c1-10(2)23-14(28)12-8-22-16(25-12)27-7-3-4-11(9-27)24-15-21-6-5-13(26-15)17(18,19)20/h3-6,8-10H,7H2,1-2H3,(H,22,25)(H,23,28)(H,21,24,26). The van der Waals surface area contributed by atoms with Crippen molar-refractivity contribution >= 4 is 17.8 Å². The zero-order chi connectivity index (χ0) is 20.3. The number of nitrogens with zero attached hydrogens (tertiary/aromatic N) is 4. The van der Waals surface area contributed by atoms with E-state index in [1.54, 1.807) is 23.3 Å². The zero-order valence-electron chi connectivity index (χ0n) is 15.1. The number of carbonyl (C=O) groups excluding carboxylic acids is 1. The molecule has 1 aliphatic rings. The number of allylic oxidation sites excluding steroid dienone is 1. The molecule has 0 spiro atoms. The molecule has 0 saturated heterocycles. The highest BCUT2D eigenvalue weighted by atomic mass is 19.4. The summed E-state index contributed by atoms with van der Waals surface area (Å²) in [4.78, 5) is 28.1. The van der Waals surface area contributed by atoms with Gasteiger partial charge in [-0.3, -0.25) is 4.79 Å². The molecule has 28 heavy (non-hydrogen) atoms. The fourth-order valence-corrected chi connectivity index (χ4v) is 2.40. The number of aromatic nitrogens is 4. The minimum Gasteiger partial charge on any atom is -0.349 e. The van der Waals surface area contributed by atoms with Crippen molar-refractivity contribution in [2.24, 2.45) is 0 Å². The van der Waals surface area contributed by atoms with Gasteiger partial charge in [-0.2, -0.15) is 13.2 Å². The molecule has 0 atom stereocenters. The van der Waals surface area contributed by atoms with Crippen molar-refractivity contribution in [2.45, 2.75) is 26.1 Å². The number of H-pyrrole nitrogens is 1. The fourth-order valence-electron chi connectivity index (χ4n) is 2.40. The number of anilines is 2. The summed E-state index contributed by atoms with van der Waals surface area (Å²) in [6.45, 7) is 4.16. The topological polar surface area (TPSA) is 98.8 Å². The lowest BCUT2D eigenvalue weighted by molar-refractivity contribution is -0.141. The van der Waals surface area contributed by atoms with Gasteiger partial charge in [0.05, 0.1) is 11.9 Å². The van der Waals surface area contributed by atoms with Gasteiger partial charge in [-0.25, -0.2) is 15.0 Å². The second kappa shape index (κ2) is 7.71. The van der Waals surface area contributed by atoms with Crippen LogP contribution in [0.25, 0.3) is 0 Å². The Morgan fingerprint density at radius 3 is 2.82 bits per heavy atom. The van der Waals surface area contributed by atoms with E-state index in [1.165, 1.54) is 6.20 Å². The predicted octanol–water partition coefficient (Wildman–Crippen LogP) is 2.69. The van der Waals surface area contributed by atoms with Crippen molar-refractivity contribution in [3.05, 3.63) is 53.9 Å². The lowest BCUT2D eigenvalue weighted by Gasteiger charge is -2.21. The van der Waals surface area contributed by atoms with E-state index in [2.05, 4.69) is 30.6 Å². The molecule has 0 aliphatic carbocycles. The normalized spacial score (nSPS) is 14.2. The van der Waals surface area contributed by atoms with Gasteiger partial charge < -0.3 is 20.5 Å². The zero-order valence-corrected chi connectivity index (χ0v) is 15.1. The van der Waals surface area contributed by atoms with Crippen LogP contribution < -0.4 is 15.5 Å². The highest BCUT2D eigenvalue weighted by Gasteiger charge is 2.32. The first kappa shape index (κ1) is 19.4. The molecule has 0 saturated carbocycles. The van der Waals surface area contributed by atoms with Crippen molar-refractivity contribution in [1.82, 2.24) is 25.3 Å². The first-order valence-electron chi connectivity index (χ1n) is 8.40. The monoisotopic (exact) mass is 393 g/mol. The third-order valence-electron chi connectivity index (χ3n) is 3.60. The van der Waals surface area contributed by atoms with Crippen LogP contribution in [-0.4, -0.2) is 38.4 Å². The number of carbonyl (C=O) groups is 1. The number of hydrogen-bond acceptors (Lipinski definition) is 6. The smallest absolute Gasteiger partial charge is 0.349 e. The lowest BCUT2D eigenvalue weighted by atomic mass is 10.3. The first-order chi connectivity index (χ1) is 13.2. The third-order valence-corrected chi connectivity index (χ3v) is 3.60. The summed E-state index contributed by atoms with van der Waals surface area (Å²) in [5, 5.41) is 5.49. The van der Waals surface area contributed by atoms with E-state index in [0.29, 0.717) is 23.9 Å². The van der Waals surface area contributed by atoms with Crippen LogP contribution in [0.1, 0.15) is 30.0 Å². The highest BCUT2D eigenvalue weighted by Crippen LogP contribution is 2.27.